The normalized spacial score (nSPS) is 12.4. The van der Waals surface area contributed by atoms with Crippen LogP contribution in [0.25, 0.3) is 111 Å². The van der Waals surface area contributed by atoms with Gasteiger partial charge in [-0.3, -0.25) is 20.2 Å². The van der Waals surface area contributed by atoms with E-state index in [9.17, 15) is 30.8 Å². The van der Waals surface area contributed by atoms with Crippen molar-refractivity contribution in [2.75, 3.05) is 23.0 Å². The highest BCUT2D eigenvalue weighted by Gasteiger charge is 2.27. The summed E-state index contributed by atoms with van der Waals surface area (Å²) in [5.41, 5.74) is 18.5. The Morgan fingerprint density at radius 3 is 1.11 bits per heavy atom. The van der Waals surface area contributed by atoms with Crippen LogP contribution in [0.3, 0.4) is 0 Å². The second-order valence-corrected chi connectivity index (χ2v) is 31.6. The second-order valence-electron chi connectivity index (χ2n) is 28.5. The summed E-state index contributed by atoms with van der Waals surface area (Å²) in [4.78, 5) is 28.2. The third kappa shape index (κ3) is 17.4. The molecule has 4 aromatic heterocycles. The second kappa shape index (κ2) is 36.4. The van der Waals surface area contributed by atoms with Crippen LogP contribution in [0.15, 0.2) is 243 Å². The van der Waals surface area contributed by atoms with Crippen molar-refractivity contribution in [2.45, 2.75) is 79.1 Å². The van der Waals surface area contributed by atoms with Gasteiger partial charge in [0.25, 0.3) is 11.4 Å². The first-order valence-corrected chi connectivity index (χ1v) is 42.0. The fourth-order valence-electron chi connectivity index (χ4n) is 14.4. The number of allylic oxidation sites excluding steroid dienone is 2. The largest absolute Gasteiger partial charge is 0.491 e. The highest BCUT2D eigenvalue weighted by atomic mass is 32.1. The number of rotatable bonds is 32. The van der Waals surface area contributed by atoms with Crippen molar-refractivity contribution in [1.29, 1.82) is 10.5 Å². The number of nitriles is 2. The van der Waals surface area contributed by atoms with E-state index in [0.29, 0.717) is 47.3 Å². The van der Waals surface area contributed by atoms with E-state index in [2.05, 4.69) is 183 Å². The number of hydrogen-bond acceptors (Lipinski definition) is 18. The third-order valence-electron chi connectivity index (χ3n) is 21.0. The molecule has 0 spiro atoms. The molecule has 0 amide bonds. The molecule has 15 aromatic rings. The molecule has 116 heavy (non-hydrogen) atoms. The van der Waals surface area contributed by atoms with E-state index in [1.807, 2.05) is 84.9 Å². The zero-order valence-corrected chi connectivity index (χ0v) is 67.6. The molecule has 0 radical (unpaired) electrons. The summed E-state index contributed by atoms with van der Waals surface area (Å²) in [7, 11) is 0. The number of para-hydroxylation sites is 2. The van der Waals surface area contributed by atoms with Gasteiger partial charge in [-0.15, -0.1) is 22.7 Å². The molecule has 2 unspecified atom stereocenters. The Balaban J connectivity index is 0.722. The molecule has 0 N–H and O–H groups in total. The Labute approximate surface area is 689 Å². The van der Waals surface area contributed by atoms with Crippen LogP contribution < -0.4 is 19.3 Å². The van der Waals surface area contributed by atoms with E-state index >= 15 is 0 Å². The molecule has 0 bridgehead atoms. The van der Waals surface area contributed by atoms with Crippen LogP contribution >= 0.6 is 46.1 Å². The summed E-state index contributed by atoms with van der Waals surface area (Å²) in [6.07, 6.45) is 20.7. The van der Waals surface area contributed by atoms with Gasteiger partial charge in [0.1, 0.15) is 33.6 Å². The number of nitrogens with zero attached hydrogens (tertiary/aromatic N) is 10. The number of benzene rings is 11. The number of aromatic nitrogens is 4. The van der Waals surface area contributed by atoms with E-state index < -0.39 is 9.85 Å². The quantitative estimate of drug-likeness (QED) is 0.0166. The zero-order chi connectivity index (χ0) is 80.0. The Hall–Kier alpha value is -13.1. The van der Waals surface area contributed by atoms with E-state index in [1.165, 1.54) is 47.7 Å². The summed E-state index contributed by atoms with van der Waals surface area (Å²) < 4.78 is 36.6. The smallest absolute Gasteiger partial charge is 0.269 e. The van der Waals surface area contributed by atoms with E-state index in [4.69, 9.17) is 27.0 Å². The molecule has 0 aliphatic heterocycles. The van der Waals surface area contributed by atoms with E-state index in [-0.39, 0.29) is 11.4 Å². The lowest BCUT2D eigenvalue weighted by Gasteiger charge is -2.25. The van der Waals surface area contributed by atoms with E-state index in [0.717, 1.165) is 193 Å². The monoisotopic (exact) mass is 1600 g/mol. The highest BCUT2D eigenvalue weighted by Crippen LogP contribution is 2.54. The Morgan fingerprint density at radius 2 is 0.776 bits per heavy atom. The fourth-order valence-corrected chi connectivity index (χ4v) is 18.0. The minimum Gasteiger partial charge on any atom is -0.491 e. The first kappa shape index (κ1) is 78.2. The molecule has 574 valence electrons. The Bertz CT molecular complexity index is 5810. The predicted octanol–water partition coefficient (Wildman–Crippen LogP) is 27.9. The van der Waals surface area contributed by atoms with Crippen LogP contribution in [0.2, 0.25) is 0 Å². The molecule has 0 aliphatic carbocycles. The standard InChI is InChI=1S/C96H80N10O6S4/c1-5-9-17-63(7-3)61-111-93-85-57-87(83-53-39-71(89-91(83)101-115-99-89)33-23-65-25-41-77(42-26-65)103(75-19-13-11-14-20-75)79-45-29-67(30-46-79)55-73(59-97)69-35-49-81(50-36-69)105(107)108)114-96(85)94(112-62-64(8-4)18-10-6-2)86-58-88(113-95(86)93)84-54-40-72(90-92(84)102-116-100-90)34-24-66-27-43-78(44-28-66)104(76-21-15-12-16-22-76)80-47-31-68(32-48-80)56-74(60-98)70-37-51-82(52-38-70)106(109)110/h11-16,19-58,63-64H,5-10,17-18,61-62H2,1-4H3/b33-23+,34-24+,73-55+,74-56+. The lowest BCUT2D eigenvalue weighted by atomic mass is 10.0. The summed E-state index contributed by atoms with van der Waals surface area (Å²) >= 11 is 5.87. The van der Waals surface area contributed by atoms with Crippen LogP contribution in [0.5, 0.6) is 11.5 Å². The molecular formula is C96H80N10O6S4. The van der Waals surface area contributed by atoms with E-state index in [1.54, 1.807) is 59.1 Å². The molecule has 4 heterocycles. The SMILES string of the molecule is CCCCC(CC)COc1c2cc(-c3ccc(/C=C/c4ccc(N(c5ccccc5)c5ccc(/C=C(\C#N)c6ccc([N+](=O)[O-])cc6)cc5)cc4)c4nsnc34)sc2c(OCC(CC)CCCC)c2cc(-c3ccc(/C=C/c4ccc(N(c5ccccc5)c5ccc(/C=C(\C#N)c6ccc([N+](=O)[O-])cc6)cc5)cc4)c4nsnc34)sc12. The van der Waals surface area contributed by atoms with Crippen molar-refractivity contribution < 1.29 is 19.3 Å². The van der Waals surface area contributed by atoms with Gasteiger partial charge in [-0.05, 0) is 179 Å². The summed E-state index contributed by atoms with van der Waals surface area (Å²) in [5.74, 6) is 2.48. The molecule has 0 aliphatic rings. The van der Waals surface area contributed by atoms with Crippen molar-refractivity contribution in [2.24, 2.45) is 11.8 Å². The van der Waals surface area contributed by atoms with Crippen LogP contribution in [0.1, 0.15) is 124 Å². The molecule has 20 heteroatoms. The Kier molecular flexibility index (Phi) is 24.5. The predicted molar refractivity (Wildman–Crippen MR) is 481 cm³/mol. The topological polar surface area (TPSA) is 210 Å². The molecule has 2 atom stereocenters. The van der Waals surface area contributed by atoms with Gasteiger partial charge in [0.15, 0.2) is 0 Å². The molecule has 16 nitrogen and oxygen atoms in total. The minimum atomic E-state index is -0.451. The minimum absolute atomic E-state index is 0.0321. The van der Waals surface area contributed by atoms with Crippen molar-refractivity contribution in [1.82, 2.24) is 17.5 Å². The van der Waals surface area contributed by atoms with Gasteiger partial charge in [0, 0.05) is 101 Å². The first-order chi connectivity index (χ1) is 56.9. The van der Waals surface area contributed by atoms with Crippen LogP contribution in [-0.2, 0) is 0 Å². The van der Waals surface area contributed by atoms with Gasteiger partial charge in [0.2, 0.25) is 0 Å². The third-order valence-corrected chi connectivity index (χ3v) is 24.4. The lowest BCUT2D eigenvalue weighted by Crippen LogP contribution is -2.12. The number of nitro benzene ring substituents is 2. The molecule has 11 aromatic carbocycles. The number of thiophene rings is 2. The van der Waals surface area contributed by atoms with Gasteiger partial charge in [-0.2, -0.15) is 28.0 Å². The highest BCUT2D eigenvalue weighted by molar-refractivity contribution is 7.24. The number of unbranched alkanes of at least 4 members (excludes halogenated alkanes) is 2. The van der Waals surface area contributed by atoms with Gasteiger partial charge in [-0.25, -0.2) is 0 Å². The van der Waals surface area contributed by atoms with Crippen molar-refractivity contribution in [3.63, 3.8) is 0 Å². The molecule has 15 rings (SSSR count). The fraction of sp³-hybridized carbons (Fsp3) is 0.167. The van der Waals surface area contributed by atoms with Crippen LogP contribution in [0.4, 0.5) is 45.5 Å². The lowest BCUT2D eigenvalue weighted by molar-refractivity contribution is -0.385. The van der Waals surface area contributed by atoms with Crippen molar-refractivity contribution in [3.05, 3.63) is 307 Å². The maximum atomic E-state index is 11.3. The molecule has 0 fully saturated rings. The van der Waals surface area contributed by atoms with Crippen LogP contribution in [0, 0.1) is 54.7 Å². The summed E-state index contributed by atoms with van der Waals surface area (Å²) in [6, 6.07) is 83.0. The number of fused-ring (bicyclic) bond motifs is 4. The average Bonchev–Trinajstić information content (AvgIpc) is 1.57. The maximum Gasteiger partial charge on any atom is 0.269 e. The number of nitro groups is 2. The maximum absolute atomic E-state index is 11.3. The molecule has 0 saturated heterocycles. The summed E-state index contributed by atoms with van der Waals surface area (Å²) in [5, 5.41) is 44.8. The first-order valence-electron chi connectivity index (χ1n) is 38.9. The molecular weight excluding hydrogens is 1520 g/mol. The number of ether oxygens (including phenoxy) is 2. The van der Waals surface area contributed by atoms with Crippen LogP contribution in [-0.4, -0.2) is 40.6 Å². The summed E-state index contributed by atoms with van der Waals surface area (Å²) in [6.45, 7) is 10.2. The number of non-ortho nitro benzene ring substituents is 2. The van der Waals surface area contributed by atoms with Gasteiger partial charge < -0.3 is 19.3 Å². The van der Waals surface area contributed by atoms with Gasteiger partial charge in [0.05, 0.1) is 79.2 Å². The van der Waals surface area contributed by atoms with Gasteiger partial charge in [-0.1, -0.05) is 200 Å². The van der Waals surface area contributed by atoms with Crippen molar-refractivity contribution >= 4 is 181 Å². The van der Waals surface area contributed by atoms with Gasteiger partial charge >= 0.3 is 0 Å². The van der Waals surface area contributed by atoms with Crippen molar-refractivity contribution in [3.8, 4) is 44.5 Å². The number of anilines is 6. The Morgan fingerprint density at radius 1 is 0.431 bits per heavy atom. The number of hydrogen-bond donors (Lipinski definition) is 0. The average molecular weight is 1600 g/mol. The zero-order valence-electron chi connectivity index (χ0n) is 64.3. The molecule has 0 saturated carbocycles.